The number of carbonyl (C=O) groups excluding carboxylic acids is 1. The molecule has 1 aromatic carbocycles. The van der Waals surface area contributed by atoms with Gasteiger partial charge in [-0.25, -0.2) is 0 Å². The van der Waals surface area contributed by atoms with Crippen LogP contribution >= 0.6 is 12.1 Å². The third-order valence-corrected chi connectivity index (χ3v) is 2.50. The molecule has 0 fully saturated rings. The SMILES string of the molecule is O=Cc1ccc2c(c1)NS[N+]2([O-])O. The van der Waals surface area contributed by atoms with Crippen LogP contribution < -0.4 is 8.94 Å². The topological polar surface area (TPSA) is 72.4 Å². The summed E-state index contributed by atoms with van der Waals surface area (Å²) in [5.41, 5.74) is 1.15. The molecule has 13 heavy (non-hydrogen) atoms. The molecular weight excluding hydrogens is 192 g/mol. The Labute approximate surface area is 78.4 Å². The molecule has 1 unspecified atom stereocenters. The van der Waals surface area contributed by atoms with Gasteiger partial charge in [0.15, 0.2) is 0 Å². The highest BCUT2D eigenvalue weighted by atomic mass is 32.2. The van der Waals surface area contributed by atoms with Gasteiger partial charge in [0.2, 0.25) is 17.8 Å². The standard InChI is InChI=1S/C7H6N2O3S/c10-4-5-1-2-7-6(3-5)8-13-9(7,11)12/h1-4,8,11H. The minimum atomic E-state index is -1.51. The molecule has 6 heteroatoms. The number of aldehydes is 1. The van der Waals surface area contributed by atoms with Crippen LogP contribution in [0.25, 0.3) is 0 Å². The first-order valence-electron chi connectivity index (χ1n) is 3.51. The van der Waals surface area contributed by atoms with Gasteiger partial charge in [0.05, 0.1) is 0 Å². The van der Waals surface area contributed by atoms with Crippen molar-refractivity contribution in [2.24, 2.45) is 0 Å². The van der Waals surface area contributed by atoms with E-state index in [0.29, 0.717) is 29.7 Å². The quantitative estimate of drug-likeness (QED) is 0.311. The van der Waals surface area contributed by atoms with Gasteiger partial charge in [-0.1, -0.05) is 4.21 Å². The van der Waals surface area contributed by atoms with E-state index in [1.165, 1.54) is 18.2 Å². The Morgan fingerprint density at radius 3 is 3.08 bits per heavy atom. The number of hydrogen-bond acceptors (Lipinski definition) is 5. The maximum absolute atomic E-state index is 11.2. The van der Waals surface area contributed by atoms with Gasteiger partial charge in [-0.3, -0.25) is 9.52 Å². The number of quaternary nitrogens is 1. The van der Waals surface area contributed by atoms with E-state index in [1.54, 1.807) is 0 Å². The first-order chi connectivity index (χ1) is 6.13. The minimum Gasteiger partial charge on any atom is -0.580 e. The molecule has 0 amide bonds. The number of fused-ring (bicyclic) bond motifs is 1. The van der Waals surface area contributed by atoms with Crippen molar-refractivity contribution in [3.05, 3.63) is 29.0 Å². The maximum Gasteiger partial charge on any atom is 0.242 e. The van der Waals surface area contributed by atoms with E-state index >= 15 is 0 Å². The molecule has 0 radical (unpaired) electrons. The molecule has 1 aliphatic heterocycles. The van der Waals surface area contributed by atoms with Crippen LogP contribution in [-0.2, 0) is 0 Å². The van der Waals surface area contributed by atoms with Gasteiger partial charge < -0.3 is 5.21 Å². The molecule has 1 aromatic rings. The predicted molar refractivity (Wildman–Crippen MR) is 50.0 cm³/mol. The highest BCUT2D eigenvalue weighted by molar-refractivity contribution is 8.00. The highest BCUT2D eigenvalue weighted by Gasteiger charge is 2.32. The van der Waals surface area contributed by atoms with Crippen molar-refractivity contribution in [3.8, 4) is 0 Å². The molecule has 68 valence electrons. The summed E-state index contributed by atoms with van der Waals surface area (Å²) in [4.78, 5) is 10.4. The molecule has 1 aliphatic rings. The van der Waals surface area contributed by atoms with E-state index < -0.39 is 4.21 Å². The van der Waals surface area contributed by atoms with Crippen molar-refractivity contribution in [1.82, 2.24) is 4.21 Å². The molecule has 0 spiro atoms. The smallest absolute Gasteiger partial charge is 0.242 e. The van der Waals surface area contributed by atoms with Crippen molar-refractivity contribution in [2.45, 2.75) is 0 Å². The fourth-order valence-corrected chi connectivity index (χ4v) is 1.76. The lowest BCUT2D eigenvalue weighted by atomic mass is 10.2. The summed E-state index contributed by atoms with van der Waals surface area (Å²) in [6.45, 7) is 0. The van der Waals surface area contributed by atoms with Crippen LogP contribution in [0.15, 0.2) is 18.2 Å². The zero-order chi connectivity index (χ0) is 9.47. The predicted octanol–water partition coefficient (Wildman–Crippen LogP) is 1.68. The van der Waals surface area contributed by atoms with Crippen LogP contribution in [0, 0.1) is 5.21 Å². The van der Waals surface area contributed by atoms with Crippen LogP contribution in [0.1, 0.15) is 10.4 Å². The highest BCUT2D eigenvalue weighted by Crippen LogP contribution is 2.43. The molecule has 0 aliphatic carbocycles. The molecule has 2 rings (SSSR count). The summed E-state index contributed by atoms with van der Waals surface area (Å²) in [7, 11) is 0. The Kier molecular flexibility index (Phi) is 1.77. The minimum absolute atomic E-state index is 0.204. The molecule has 1 atom stereocenters. The molecule has 2 N–H and O–H groups in total. The third-order valence-electron chi connectivity index (χ3n) is 1.74. The average Bonchev–Trinajstić information content (AvgIpc) is 2.42. The van der Waals surface area contributed by atoms with Crippen LogP contribution in [-0.4, -0.2) is 11.5 Å². The molecule has 0 aromatic heterocycles. The van der Waals surface area contributed by atoms with Crippen LogP contribution in [0.3, 0.4) is 0 Å². The Bertz CT molecular complexity index is 367. The lowest BCUT2D eigenvalue weighted by Gasteiger charge is -2.22. The average molecular weight is 198 g/mol. The fraction of sp³-hybridized carbons (Fsp3) is 0. The summed E-state index contributed by atoms with van der Waals surface area (Å²) in [6.07, 6.45) is 0.682. The first-order valence-corrected chi connectivity index (χ1v) is 4.28. The van der Waals surface area contributed by atoms with E-state index in [9.17, 15) is 15.2 Å². The molecule has 0 saturated carbocycles. The van der Waals surface area contributed by atoms with E-state index in [-0.39, 0.29) is 5.69 Å². The number of nitrogens with zero attached hydrogens (tertiary/aromatic N) is 1. The third kappa shape index (κ3) is 1.29. The first kappa shape index (κ1) is 8.52. The van der Waals surface area contributed by atoms with Crippen molar-refractivity contribution < 1.29 is 10.0 Å². The van der Waals surface area contributed by atoms with E-state index in [2.05, 4.69) is 4.72 Å². The molecule has 0 bridgehead atoms. The number of benzene rings is 1. The van der Waals surface area contributed by atoms with Gasteiger partial charge in [-0.15, -0.1) is 0 Å². The largest absolute Gasteiger partial charge is 0.580 e. The molecule has 0 saturated heterocycles. The van der Waals surface area contributed by atoms with Crippen molar-refractivity contribution in [1.29, 1.82) is 0 Å². The van der Waals surface area contributed by atoms with E-state index in [4.69, 9.17) is 0 Å². The van der Waals surface area contributed by atoms with Crippen LogP contribution in [0.2, 0.25) is 0 Å². The van der Waals surface area contributed by atoms with E-state index in [0.717, 1.165) is 0 Å². The number of carbonyl (C=O) groups is 1. The van der Waals surface area contributed by atoms with Crippen LogP contribution in [0.4, 0.5) is 11.4 Å². The number of nitrogens with one attached hydrogen (secondary N) is 1. The zero-order valence-corrected chi connectivity index (χ0v) is 7.25. The van der Waals surface area contributed by atoms with Crippen molar-refractivity contribution >= 4 is 29.8 Å². The summed E-state index contributed by atoms with van der Waals surface area (Å²) in [5.74, 6) is 0. The van der Waals surface area contributed by atoms with Gasteiger partial charge in [-0.2, -0.15) is 5.21 Å². The monoisotopic (exact) mass is 198 g/mol. The Morgan fingerprint density at radius 2 is 2.38 bits per heavy atom. The van der Waals surface area contributed by atoms with Crippen LogP contribution in [0.5, 0.6) is 0 Å². The van der Waals surface area contributed by atoms with E-state index in [1.807, 2.05) is 0 Å². The molecular formula is C7H6N2O3S. The van der Waals surface area contributed by atoms with Gasteiger partial charge in [0.1, 0.15) is 12.0 Å². The van der Waals surface area contributed by atoms with Gasteiger partial charge in [0.25, 0.3) is 0 Å². The summed E-state index contributed by atoms with van der Waals surface area (Å²) >= 11 is 0.619. The number of rotatable bonds is 1. The van der Waals surface area contributed by atoms with Gasteiger partial charge in [0, 0.05) is 11.6 Å². The lowest BCUT2D eigenvalue weighted by molar-refractivity contribution is 0.0778. The zero-order valence-electron chi connectivity index (χ0n) is 6.43. The normalized spacial score (nSPS) is 25.1. The maximum atomic E-state index is 11.2. The Morgan fingerprint density at radius 1 is 1.62 bits per heavy atom. The lowest BCUT2D eigenvalue weighted by Crippen LogP contribution is -2.27. The molecule has 1 heterocycles. The van der Waals surface area contributed by atoms with Gasteiger partial charge in [-0.05, 0) is 12.1 Å². The molecule has 5 nitrogen and oxygen atoms in total. The second-order valence-corrected chi connectivity index (χ2v) is 3.49. The summed E-state index contributed by atoms with van der Waals surface area (Å²) in [6, 6.07) is 4.43. The number of anilines is 1. The Hall–Kier alpha value is -1.08. The summed E-state index contributed by atoms with van der Waals surface area (Å²) in [5, 5.41) is 20.4. The number of hydrogen-bond donors (Lipinski definition) is 2. The summed E-state index contributed by atoms with van der Waals surface area (Å²) < 4.78 is 1.13. The van der Waals surface area contributed by atoms with Crippen molar-refractivity contribution in [2.75, 3.05) is 4.72 Å². The second kappa shape index (κ2) is 2.71. The second-order valence-electron chi connectivity index (χ2n) is 2.61. The van der Waals surface area contributed by atoms with Crippen molar-refractivity contribution in [3.63, 3.8) is 0 Å². The van der Waals surface area contributed by atoms with Gasteiger partial charge >= 0.3 is 0 Å². The Balaban J connectivity index is 2.52. The fourth-order valence-electron chi connectivity index (χ4n) is 1.12.